The van der Waals surface area contributed by atoms with Crippen LogP contribution < -0.4 is 15.2 Å². The maximum absolute atomic E-state index is 12.7. The average molecular weight is 408 g/mol. The van der Waals surface area contributed by atoms with Crippen molar-refractivity contribution in [1.29, 1.82) is 0 Å². The number of rotatable bonds is 5. The third-order valence-electron chi connectivity index (χ3n) is 3.52. The molecule has 1 aromatic carbocycles. The van der Waals surface area contributed by atoms with Gasteiger partial charge in [-0.05, 0) is 54.0 Å². The van der Waals surface area contributed by atoms with Gasteiger partial charge in [-0.25, -0.2) is 14.2 Å². The van der Waals surface area contributed by atoms with E-state index in [9.17, 15) is 9.90 Å². The summed E-state index contributed by atoms with van der Waals surface area (Å²) < 4.78 is 14.5. The molecule has 0 bridgehead atoms. The summed E-state index contributed by atoms with van der Waals surface area (Å²) in [4.78, 5) is 17.0. The Morgan fingerprint density at radius 1 is 1.24 bits per heavy atom. The quantitative estimate of drug-likeness (QED) is 0.702. The zero-order chi connectivity index (χ0) is 18.2. The molecule has 2 heterocycles. The smallest absolute Gasteiger partial charge is 0.340 e. The van der Waals surface area contributed by atoms with Crippen LogP contribution in [0.3, 0.4) is 0 Å². The van der Waals surface area contributed by atoms with Crippen LogP contribution in [0.1, 0.15) is 13.8 Å². The van der Waals surface area contributed by atoms with Crippen molar-refractivity contribution < 1.29 is 14.6 Å². The lowest BCUT2D eigenvalue weighted by Gasteiger charge is -2.19. The van der Waals surface area contributed by atoms with E-state index in [0.717, 1.165) is 0 Å². The first-order valence-electron chi connectivity index (χ1n) is 7.58. The van der Waals surface area contributed by atoms with Gasteiger partial charge in [0.2, 0.25) is 0 Å². The van der Waals surface area contributed by atoms with Crippen LogP contribution in [0, 0.1) is 0 Å². The molecule has 3 rings (SSSR count). The zero-order valence-corrected chi connectivity index (χ0v) is 15.6. The molecule has 1 N–H and O–H groups in total. The Bertz CT molecular complexity index is 972. The highest BCUT2D eigenvalue weighted by Gasteiger charge is 2.16. The summed E-state index contributed by atoms with van der Waals surface area (Å²) in [7, 11) is 1.52. The molecule has 8 heteroatoms. The van der Waals surface area contributed by atoms with Crippen molar-refractivity contribution in [3.63, 3.8) is 0 Å². The normalized spacial score (nSPS) is 11.7. The summed E-state index contributed by atoms with van der Waals surface area (Å²) >= 11 is 3.34. The second-order valence-electron chi connectivity index (χ2n) is 6.18. The number of fused-ring (bicyclic) bond motifs is 1. The third kappa shape index (κ3) is 3.54. The van der Waals surface area contributed by atoms with Crippen LogP contribution >= 0.6 is 15.9 Å². The molecule has 2 aromatic heterocycles. The largest absolute Gasteiger partial charge is 0.493 e. The molecule has 0 aliphatic rings. The molecule has 0 saturated heterocycles. The number of ether oxygens (including phenoxy) is 2. The van der Waals surface area contributed by atoms with Gasteiger partial charge in [-0.1, -0.05) is 0 Å². The van der Waals surface area contributed by atoms with Gasteiger partial charge in [0.25, 0.3) is 0 Å². The molecule has 0 spiro atoms. The number of aliphatic hydroxyl groups is 1. The van der Waals surface area contributed by atoms with Crippen molar-refractivity contribution in [2.24, 2.45) is 0 Å². The number of methoxy groups -OCH3 is 1. The SMILES string of the molecule is COc1cc(-n2cnc3ccc(Br)n3c2=O)ccc1OCC(C)(C)O. The van der Waals surface area contributed by atoms with E-state index < -0.39 is 5.60 Å². The Morgan fingerprint density at radius 3 is 2.68 bits per heavy atom. The molecule has 0 atom stereocenters. The molecular formula is C17H18BrN3O4. The second-order valence-corrected chi connectivity index (χ2v) is 7.00. The molecule has 0 aliphatic heterocycles. The lowest BCUT2D eigenvalue weighted by atomic mass is 10.2. The van der Waals surface area contributed by atoms with E-state index in [4.69, 9.17) is 9.47 Å². The van der Waals surface area contributed by atoms with Gasteiger partial charge in [-0.15, -0.1) is 0 Å². The number of nitrogens with zero attached hydrogens (tertiary/aromatic N) is 3. The summed E-state index contributed by atoms with van der Waals surface area (Å²) in [5.74, 6) is 0.943. The third-order valence-corrected chi connectivity index (χ3v) is 4.14. The number of benzene rings is 1. The first kappa shape index (κ1) is 17.5. The van der Waals surface area contributed by atoms with Gasteiger partial charge in [0.1, 0.15) is 18.6 Å². The molecule has 0 saturated carbocycles. The summed E-state index contributed by atoms with van der Waals surface area (Å²) in [5.41, 5.74) is -0.0669. The van der Waals surface area contributed by atoms with Crippen LogP contribution in [0.15, 0.2) is 46.1 Å². The van der Waals surface area contributed by atoms with Gasteiger partial charge < -0.3 is 14.6 Å². The lowest BCUT2D eigenvalue weighted by Crippen LogP contribution is -2.28. The number of hydrogen-bond donors (Lipinski definition) is 1. The number of hydrogen-bond acceptors (Lipinski definition) is 5. The molecule has 0 amide bonds. The molecule has 7 nitrogen and oxygen atoms in total. The minimum atomic E-state index is -0.962. The minimum Gasteiger partial charge on any atom is -0.493 e. The fraction of sp³-hybridized carbons (Fsp3) is 0.294. The van der Waals surface area contributed by atoms with Gasteiger partial charge in [0.05, 0.1) is 23.0 Å². The molecule has 0 aliphatic carbocycles. The highest BCUT2D eigenvalue weighted by Crippen LogP contribution is 2.29. The molecule has 0 fully saturated rings. The van der Waals surface area contributed by atoms with Gasteiger partial charge in [-0.2, -0.15) is 0 Å². The molecule has 132 valence electrons. The Hall–Kier alpha value is -2.32. The van der Waals surface area contributed by atoms with Gasteiger partial charge in [-0.3, -0.25) is 4.57 Å². The number of aromatic nitrogens is 3. The van der Waals surface area contributed by atoms with Gasteiger partial charge >= 0.3 is 5.69 Å². The Labute approximate surface area is 152 Å². The maximum Gasteiger partial charge on any atom is 0.340 e. The highest BCUT2D eigenvalue weighted by atomic mass is 79.9. The van der Waals surface area contributed by atoms with Crippen LogP contribution in [-0.4, -0.2) is 38.4 Å². The molecule has 0 radical (unpaired) electrons. The van der Waals surface area contributed by atoms with Gasteiger partial charge in [0.15, 0.2) is 11.5 Å². The number of halogens is 1. The average Bonchev–Trinajstić information content (AvgIpc) is 2.94. The molecule has 0 unspecified atom stereocenters. The van der Waals surface area contributed by atoms with E-state index in [1.807, 2.05) is 0 Å². The van der Waals surface area contributed by atoms with E-state index in [0.29, 0.717) is 27.4 Å². The first-order valence-corrected chi connectivity index (χ1v) is 8.38. The maximum atomic E-state index is 12.7. The predicted octanol–water partition coefficient (Wildman–Crippen LogP) is 2.41. The minimum absolute atomic E-state index is 0.118. The van der Waals surface area contributed by atoms with Gasteiger partial charge in [0, 0.05) is 6.07 Å². The predicted molar refractivity (Wildman–Crippen MR) is 96.8 cm³/mol. The molecule has 3 aromatic rings. The van der Waals surface area contributed by atoms with Crippen LogP contribution in [0.25, 0.3) is 11.3 Å². The Balaban J connectivity index is 2.02. The Morgan fingerprint density at radius 2 is 2.00 bits per heavy atom. The van der Waals surface area contributed by atoms with E-state index in [-0.39, 0.29) is 12.3 Å². The zero-order valence-electron chi connectivity index (χ0n) is 14.1. The summed E-state index contributed by atoms with van der Waals surface area (Å²) in [6.07, 6.45) is 1.47. The van der Waals surface area contributed by atoms with Crippen LogP contribution in [0.2, 0.25) is 0 Å². The summed E-state index contributed by atoms with van der Waals surface area (Å²) in [6.45, 7) is 3.43. The van der Waals surface area contributed by atoms with Crippen molar-refractivity contribution >= 4 is 21.6 Å². The fourth-order valence-corrected chi connectivity index (χ4v) is 2.79. The van der Waals surface area contributed by atoms with Crippen molar-refractivity contribution in [1.82, 2.24) is 14.0 Å². The van der Waals surface area contributed by atoms with Crippen molar-refractivity contribution in [2.45, 2.75) is 19.4 Å². The second kappa shape index (κ2) is 6.53. The van der Waals surface area contributed by atoms with E-state index in [1.165, 1.54) is 22.4 Å². The van der Waals surface area contributed by atoms with E-state index in [2.05, 4.69) is 20.9 Å². The summed E-state index contributed by atoms with van der Waals surface area (Å²) in [6, 6.07) is 8.63. The Kier molecular flexibility index (Phi) is 4.57. The monoisotopic (exact) mass is 407 g/mol. The van der Waals surface area contributed by atoms with Crippen molar-refractivity contribution in [2.75, 3.05) is 13.7 Å². The van der Waals surface area contributed by atoms with Crippen molar-refractivity contribution in [3.05, 3.63) is 51.7 Å². The fourth-order valence-electron chi connectivity index (χ4n) is 2.32. The van der Waals surface area contributed by atoms with Crippen LogP contribution in [-0.2, 0) is 0 Å². The lowest BCUT2D eigenvalue weighted by molar-refractivity contribution is 0.0276. The molecular weight excluding hydrogens is 390 g/mol. The summed E-state index contributed by atoms with van der Waals surface area (Å²) in [5, 5.41) is 9.79. The van der Waals surface area contributed by atoms with Crippen LogP contribution in [0.5, 0.6) is 11.5 Å². The van der Waals surface area contributed by atoms with Crippen LogP contribution in [0.4, 0.5) is 0 Å². The highest BCUT2D eigenvalue weighted by molar-refractivity contribution is 9.10. The van der Waals surface area contributed by atoms with E-state index >= 15 is 0 Å². The topological polar surface area (TPSA) is 78.0 Å². The first-order chi connectivity index (χ1) is 11.8. The van der Waals surface area contributed by atoms with E-state index in [1.54, 1.807) is 44.2 Å². The van der Waals surface area contributed by atoms with Crippen molar-refractivity contribution in [3.8, 4) is 17.2 Å². The standard InChI is InChI=1S/C17H18BrN3O4/c1-17(2,23)9-25-12-5-4-11(8-13(12)24-3)20-10-19-15-7-6-14(18)21(15)16(20)22/h4-8,10,23H,9H2,1-3H3. The molecule has 25 heavy (non-hydrogen) atoms.